The van der Waals surface area contributed by atoms with Crippen LogP contribution in [0.4, 0.5) is 10.1 Å². The number of para-hydroxylation sites is 1. The molecule has 0 saturated carbocycles. The highest BCUT2D eigenvalue weighted by atomic mass is 19.1. The number of ether oxygens (including phenoxy) is 1. The van der Waals surface area contributed by atoms with E-state index in [0.717, 1.165) is 18.7 Å². The topological polar surface area (TPSA) is 21.3 Å². The lowest BCUT2D eigenvalue weighted by atomic mass is 10.1. The van der Waals surface area contributed by atoms with Crippen LogP contribution < -0.4 is 10.1 Å². The van der Waals surface area contributed by atoms with Gasteiger partial charge in [-0.2, -0.15) is 0 Å². The quantitative estimate of drug-likeness (QED) is 0.620. The van der Waals surface area contributed by atoms with Crippen molar-refractivity contribution in [2.75, 3.05) is 5.32 Å². The maximum absolute atomic E-state index is 12.9. The molecule has 0 heterocycles. The summed E-state index contributed by atoms with van der Waals surface area (Å²) in [5.41, 5.74) is 3.66. The molecule has 0 fully saturated rings. The number of anilines is 1. The summed E-state index contributed by atoms with van der Waals surface area (Å²) in [6.45, 7) is 2.91. The third kappa shape index (κ3) is 4.13. The van der Waals surface area contributed by atoms with Crippen LogP contribution in [0.3, 0.4) is 0 Å². The van der Waals surface area contributed by atoms with E-state index in [-0.39, 0.29) is 5.82 Å². The SMILES string of the molecule is CCc1ccccc1NCc1ccc(Oc2ccc(F)cc2)cc1. The first kappa shape index (κ1) is 16.1. The average Bonchev–Trinajstić information content (AvgIpc) is 2.63. The van der Waals surface area contributed by atoms with Crippen LogP contribution in [0.1, 0.15) is 18.1 Å². The van der Waals surface area contributed by atoms with Gasteiger partial charge in [-0.1, -0.05) is 37.3 Å². The highest BCUT2D eigenvalue weighted by Gasteiger charge is 2.01. The van der Waals surface area contributed by atoms with Gasteiger partial charge in [-0.05, 0) is 60.0 Å². The Labute approximate surface area is 141 Å². The lowest BCUT2D eigenvalue weighted by Gasteiger charge is -2.11. The van der Waals surface area contributed by atoms with Gasteiger partial charge in [-0.3, -0.25) is 0 Å². The molecule has 0 aliphatic carbocycles. The van der Waals surface area contributed by atoms with Gasteiger partial charge in [-0.15, -0.1) is 0 Å². The molecule has 24 heavy (non-hydrogen) atoms. The summed E-state index contributed by atoms with van der Waals surface area (Å²) in [5, 5.41) is 3.47. The Morgan fingerprint density at radius 1 is 0.833 bits per heavy atom. The van der Waals surface area contributed by atoms with Gasteiger partial charge in [0.1, 0.15) is 17.3 Å². The Bertz CT molecular complexity index is 782. The predicted octanol–water partition coefficient (Wildman–Crippen LogP) is 5.79. The molecule has 0 radical (unpaired) electrons. The van der Waals surface area contributed by atoms with Crippen molar-refractivity contribution in [2.45, 2.75) is 19.9 Å². The van der Waals surface area contributed by atoms with Gasteiger partial charge in [0.05, 0.1) is 0 Å². The van der Waals surface area contributed by atoms with Crippen LogP contribution in [-0.4, -0.2) is 0 Å². The Morgan fingerprint density at radius 3 is 2.12 bits per heavy atom. The molecule has 0 aliphatic rings. The Morgan fingerprint density at radius 2 is 1.46 bits per heavy atom. The van der Waals surface area contributed by atoms with Gasteiger partial charge >= 0.3 is 0 Å². The van der Waals surface area contributed by atoms with Crippen molar-refractivity contribution in [3.05, 3.63) is 89.7 Å². The molecule has 2 nitrogen and oxygen atoms in total. The van der Waals surface area contributed by atoms with E-state index < -0.39 is 0 Å². The number of rotatable bonds is 6. The average molecular weight is 321 g/mol. The molecule has 0 aromatic heterocycles. The number of hydrogen-bond donors (Lipinski definition) is 1. The van der Waals surface area contributed by atoms with E-state index in [9.17, 15) is 4.39 Å². The van der Waals surface area contributed by atoms with E-state index in [2.05, 4.69) is 30.4 Å². The summed E-state index contributed by atoms with van der Waals surface area (Å²) >= 11 is 0. The Kier molecular flexibility index (Phi) is 5.12. The first-order valence-electron chi connectivity index (χ1n) is 8.09. The number of halogens is 1. The molecule has 122 valence electrons. The second-order valence-electron chi connectivity index (χ2n) is 5.56. The lowest BCUT2D eigenvalue weighted by Crippen LogP contribution is -2.01. The van der Waals surface area contributed by atoms with Crippen LogP contribution in [0.5, 0.6) is 11.5 Å². The molecule has 0 bridgehead atoms. The first-order chi connectivity index (χ1) is 11.7. The smallest absolute Gasteiger partial charge is 0.127 e. The monoisotopic (exact) mass is 321 g/mol. The van der Waals surface area contributed by atoms with Crippen LogP contribution in [0.15, 0.2) is 72.8 Å². The summed E-state index contributed by atoms with van der Waals surface area (Å²) in [6.07, 6.45) is 1.01. The molecule has 0 amide bonds. The highest BCUT2D eigenvalue weighted by molar-refractivity contribution is 5.51. The molecular formula is C21H20FNO. The minimum atomic E-state index is -0.267. The molecule has 0 saturated heterocycles. The van der Waals surface area contributed by atoms with Crippen molar-refractivity contribution >= 4 is 5.69 Å². The molecule has 3 aromatic carbocycles. The third-order valence-corrected chi connectivity index (χ3v) is 3.85. The Hall–Kier alpha value is -2.81. The van der Waals surface area contributed by atoms with E-state index in [1.807, 2.05) is 30.3 Å². The van der Waals surface area contributed by atoms with Crippen LogP contribution in [-0.2, 0) is 13.0 Å². The van der Waals surface area contributed by atoms with Crippen molar-refractivity contribution in [1.82, 2.24) is 0 Å². The number of benzene rings is 3. The molecule has 0 unspecified atom stereocenters. The summed E-state index contributed by atoms with van der Waals surface area (Å²) in [6, 6.07) is 22.3. The minimum absolute atomic E-state index is 0.267. The number of nitrogens with one attached hydrogen (secondary N) is 1. The van der Waals surface area contributed by atoms with E-state index >= 15 is 0 Å². The van der Waals surface area contributed by atoms with E-state index in [1.165, 1.54) is 28.9 Å². The van der Waals surface area contributed by atoms with Crippen molar-refractivity contribution in [1.29, 1.82) is 0 Å². The minimum Gasteiger partial charge on any atom is -0.457 e. The first-order valence-corrected chi connectivity index (χ1v) is 8.09. The second-order valence-corrected chi connectivity index (χ2v) is 5.56. The maximum atomic E-state index is 12.9. The fraction of sp³-hybridized carbons (Fsp3) is 0.143. The van der Waals surface area contributed by atoms with Crippen LogP contribution >= 0.6 is 0 Å². The summed E-state index contributed by atoms with van der Waals surface area (Å²) in [7, 11) is 0. The normalized spacial score (nSPS) is 10.4. The molecule has 0 spiro atoms. The zero-order chi connectivity index (χ0) is 16.8. The fourth-order valence-electron chi connectivity index (χ4n) is 2.51. The van der Waals surface area contributed by atoms with Crippen molar-refractivity contribution in [2.24, 2.45) is 0 Å². The van der Waals surface area contributed by atoms with Gasteiger partial charge in [0.15, 0.2) is 0 Å². The third-order valence-electron chi connectivity index (χ3n) is 3.85. The summed E-state index contributed by atoms with van der Waals surface area (Å²) in [5.74, 6) is 1.09. The zero-order valence-electron chi connectivity index (χ0n) is 13.6. The maximum Gasteiger partial charge on any atom is 0.127 e. The molecule has 0 aliphatic heterocycles. The van der Waals surface area contributed by atoms with Crippen LogP contribution in [0.2, 0.25) is 0 Å². The highest BCUT2D eigenvalue weighted by Crippen LogP contribution is 2.22. The largest absolute Gasteiger partial charge is 0.457 e. The predicted molar refractivity (Wildman–Crippen MR) is 96.1 cm³/mol. The van der Waals surface area contributed by atoms with E-state index in [0.29, 0.717) is 5.75 Å². The molecule has 3 rings (SSSR count). The lowest BCUT2D eigenvalue weighted by molar-refractivity contribution is 0.480. The van der Waals surface area contributed by atoms with E-state index in [4.69, 9.17) is 4.74 Å². The van der Waals surface area contributed by atoms with Gasteiger partial charge in [0.2, 0.25) is 0 Å². The fourth-order valence-corrected chi connectivity index (χ4v) is 2.51. The molecular weight excluding hydrogens is 301 g/mol. The van der Waals surface area contributed by atoms with Gasteiger partial charge in [0, 0.05) is 12.2 Å². The van der Waals surface area contributed by atoms with Crippen LogP contribution in [0.25, 0.3) is 0 Å². The molecule has 3 aromatic rings. The molecule has 0 atom stereocenters. The molecule has 1 N–H and O–H groups in total. The number of hydrogen-bond acceptors (Lipinski definition) is 2. The van der Waals surface area contributed by atoms with Crippen LogP contribution in [0, 0.1) is 5.82 Å². The summed E-state index contributed by atoms with van der Waals surface area (Å²) in [4.78, 5) is 0. The van der Waals surface area contributed by atoms with Gasteiger partial charge < -0.3 is 10.1 Å². The standard InChI is InChI=1S/C21H20FNO/c1-2-17-5-3-4-6-21(17)23-15-16-7-11-19(12-8-16)24-20-13-9-18(22)10-14-20/h3-14,23H,2,15H2,1H3. The van der Waals surface area contributed by atoms with Crippen molar-refractivity contribution in [3.8, 4) is 11.5 Å². The van der Waals surface area contributed by atoms with Crippen molar-refractivity contribution < 1.29 is 9.13 Å². The number of aryl methyl sites for hydroxylation is 1. The van der Waals surface area contributed by atoms with Crippen molar-refractivity contribution in [3.63, 3.8) is 0 Å². The summed E-state index contributed by atoms with van der Waals surface area (Å²) < 4.78 is 18.6. The molecule has 3 heteroatoms. The van der Waals surface area contributed by atoms with Gasteiger partial charge in [0.25, 0.3) is 0 Å². The second kappa shape index (κ2) is 7.64. The Balaban J connectivity index is 1.61. The van der Waals surface area contributed by atoms with E-state index in [1.54, 1.807) is 12.1 Å². The van der Waals surface area contributed by atoms with Gasteiger partial charge in [-0.25, -0.2) is 4.39 Å². The zero-order valence-corrected chi connectivity index (χ0v) is 13.6.